The molecule has 0 radical (unpaired) electrons. The minimum atomic E-state index is -0.445. The van der Waals surface area contributed by atoms with Gasteiger partial charge in [-0.3, -0.25) is 14.9 Å². The topological polar surface area (TPSA) is 102 Å². The van der Waals surface area contributed by atoms with Crippen molar-refractivity contribution in [3.05, 3.63) is 28.3 Å². The van der Waals surface area contributed by atoms with Crippen LogP contribution in [0.2, 0.25) is 0 Å². The molecule has 2 fully saturated rings. The Bertz CT molecular complexity index is 575. The summed E-state index contributed by atoms with van der Waals surface area (Å²) in [5.74, 6) is 0.0577. The number of amides is 1. The largest absolute Gasteiger partial charge is 0.398 e. The molecule has 106 valence electrons. The summed E-state index contributed by atoms with van der Waals surface area (Å²) in [5, 5.41) is 13.8. The lowest BCUT2D eigenvalue weighted by atomic mass is 9.91. The highest BCUT2D eigenvalue weighted by Gasteiger charge is 2.41. The molecule has 0 aromatic heterocycles. The summed E-state index contributed by atoms with van der Waals surface area (Å²) in [5.41, 5.74) is 6.83. The standard InChI is InChI=1S/C13H16N4O3/c14-8-4-9(6-10(5-8)17(19)20)16-3-1-2-11-12(16)7-15-13(11)18/h4-6,11-12H,1-3,7,14H2,(H,15,18). The average molecular weight is 276 g/mol. The highest BCUT2D eigenvalue weighted by atomic mass is 16.6. The summed E-state index contributed by atoms with van der Waals surface area (Å²) < 4.78 is 0. The third-order valence-corrected chi connectivity index (χ3v) is 4.07. The number of hydrogen-bond donors (Lipinski definition) is 2. The second-order valence-corrected chi connectivity index (χ2v) is 5.29. The fraction of sp³-hybridized carbons (Fsp3) is 0.462. The van der Waals surface area contributed by atoms with Gasteiger partial charge < -0.3 is 16.0 Å². The number of piperidine rings is 1. The Kier molecular flexibility index (Phi) is 2.96. The van der Waals surface area contributed by atoms with Crippen LogP contribution in [0.3, 0.4) is 0 Å². The van der Waals surface area contributed by atoms with E-state index in [1.165, 1.54) is 12.1 Å². The summed E-state index contributed by atoms with van der Waals surface area (Å²) >= 11 is 0. The number of nitro groups is 1. The van der Waals surface area contributed by atoms with Crippen LogP contribution >= 0.6 is 0 Å². The van der Waals surface area contributed by atoms with E-state index in [-0.39, 0.29) is 23.6 Å². The molecule has 3 N–H and O–H groups in total. The molecule has 2 aliphatic rings. The molecular formula is C13H16N4O3. The number of nitro benzene ring substituents is 1. The normalized spacial score (nSPS) is 25.2. The van der Waals surface area contributed by atoms with Crippen molar-refractivity contribution >= 4 is 23.0 Å². The maximum Gasteiger partial charge on any atom is 0.273 e. The van der Waals surface area contributed by atoms with E-state index in [2.05, 4.69) is 10.2 Å². The number of carbonyl (C=O) groups excluding carboxylic acids is 1. The minimum absolute atomic E-state index is 0.0144. The summed E-state index contributed by atoms with van der Waals surface area (Å²) in [4.78, 5) is 24.3. The van der Waals surface area contributed by atoms with E-state index in [1.807, 2.05) is 0 Å². The maximum atomic E-state index is 11.8. The molecule has 2 heterocycles. The van der Waals surface area contributed by atoms with Crippen molar-refractivity contribution in [2.45, 2.75) is 18.9 Å². The van der Waals surface area contributed by atoms with Gasteiger partial charge in [0.05, 0.1) is 16.9 Å². The van der Waals surface area contributed by atoms with Crippen LogP contribution in [-0.2, 0) is 4.79 Å². The number of nitrogen functional groups attached to an aromatic ring is 1. The van der Waals surface area contributed by atoms with Gasteiger partial charge in [0.25, 0.3) is 5.69 Å². The van der Waals surface area contributed by atoms with Gasteiger partial charge >= 0.3 is 0 Å². The third kappa shape index (κ3) is 2.04. The second-order valence-electron chi connectivity index (χ2n) is 5.29. The molecule has 2 unspecified atom stereocenters. The Hall–Kier alpha value is -2.31. The SMILES string of the molecule is Nc1cc(N2CCCC3C(=O)NCC32)cc([N+](=O)[O-])c1. The van der Waals surface area contributed by atoms with E-state index in [1.54, 1.807) is 6.07 Å². The molecule has 1 aromatic rings. The van der Waals surface area contributed by atoms with Crippen molar-refractivity contribution in [3.63, 3.8) is 0 Å². The van der Waals surface area contributed by atoms with Crippen molar-refractivity contribution < 1.29 is 9.72 Å². The first-order valence-electron chi connectivity index (χ1n) is 6.65. The average Bonchev–Trinajstić information content (AvgIpc) is 2.80. The number of nitrogens with one attached hydrogen (secondary N) is 1. The van der Waals surface area contributed by atoms with Crippen LogP contribution in [0, 0.1) is 16.0 Å². The van der Waals surface area contributed by atoms with Gasteiger partial charge in [0.2, 0.25) is 5.91 Å². The summed E-state index contributed by atoms with van der Waals surface area (Å²) in [6.07, 6.45) is 1.77. The molecule has 7 heteroatoms. The van der Waals surface area contributed by atoms with Gasteiger partial charge in [-0.25, -0.2) is 0 Å². The van der Waals surface area contributed by atoms with Crippen LogP contribution in [-0.4, -0.2) is 30.0 Å². The molecule has 0 spiro atoms. The second kappa shape index (κ2) is 4.66. The fourth-order valence-corrected chi connectivity index (χ4v) is 3.16. The number of non-ortho nitro benzene ring substituents is 1. The molecule has 2 aliphatic heterocycles. The van der Waals surface area contributed by atoms with Crippen LogP contribution in [0.5, 0.6) is 0 Å². The first-order chi connectivity index (χ1) is 9.56. The Morgan fingerprint density at radius 3 is 2.95 bits per heavy atom. The van der Waals surface area contributed by atoms with Crippen molar-refractivity contribution in [2.75, 3.05) is 23.7 Å². The van der Waals surface area contributed by atoms with Gasteiger partial charge in [-0.05, 0) is 18.9 Å². The Balaban J connectivity index is 1.95. The summed E-state index contributed by atoms with van der Waals surface area (Å²) in [6, 6.07) is 4.68. The van der Waals surface area contributed by atoms with Gasteiger partial charge in [0.1, 0.15) is 0 Å². The van der Waals surface area contributed by atoms with E-state index in [0.29, 0.717) is 12.2 Å². The van der Waals surface area contributed by atoms with Crippen molar-refractivity contribution in [1.82, 2.24) is 5.32 Å². The Morgan fingerprint density at radius 1 is 1.40 bits per heavy atom. The summed E-state index contributed by atoms with van der Waals surface area (Å²) in [6.45, 7) is 1.38. The third-order valence-electron chi connectivity index (χ3n) is 4.07. The minimum Gasteiger partial charge on any atom is -0.398 e. The van der Waals surface area contributed by atoms with Crippen LogP contribution in [0.25, 0.3) is 0 Å². The first kappa shape index (κ1) is 12.7. The van der Waals surface area contributed by atoms with Gasteiger partial charge in [-0.15, -0.1) is 0 Å². The molecule has 0 aliphatic carbocycles. The molecule has 0 saturated carbocycles. The number of hydrogen-bond acceptors (Lipinski definition) is 5. The van der Waals surface area contributed by atoms with Gasteiger partial charge in [-0.1, -0.05) is 0 Å². The quantitative estimate of drug-likeness (QED) is 0.474. The van der Waals surface area contributed by atoms with Crippen LogP contribution < -0.4 is 16.0 Å². The number of nitrogens with zero attached hydrogens (tertiary/aromatic N) is 2. The molecule has 20 heavy (non-hydrogen) atoms. The summed E-state index contributed by atoms with van der Waals surface area (Å²) in [7, 11) is 0. The highest BCUT2D eigenvalue weighted by molar-refractivity contribution is 5.83. The number of carbonyl (C=O) groups is 1. The zero-order valence-corrected chi connectivity index (χ0v) is 10.9. The Labute approximate surface area is 115 Å². The molecule has 1 aromatic carbocycles. The number of nitrogens with two attached hydrogens (primary N) is 1. The van der Waals surface area contributed by atoms with Crippen molar-refractivity contribution in [2.24, 2.45) is 5.92 Å². The van der Waals surface area contributed by atoms with Crippen LogP contribution in [0.4, 0.5) is 17.1 Å². The van der Waals surface area contributed by atoms with Crippen molar-refractivity contribution in [1.29, 1.82) is 0 Å². The van der Waals surface area contributed by atoms with E-state index < -0.39 is 4.92 Å². The van der Waals surface area contributed by atoms with E-state index in [0.717, 1.165) is 25.1 Å². The molecule has 1 amide bonds. The molecule has 7 nitrogen and oxygen atoms in total. The van der Waals surface area contributed by atoms with Gasteiger partial charge in [0, 0.05) is 36.6 Å². The van der Waals surface area contributed by atoms with E-state index >= 15 is 0 Å². The monoisotopic (exact) mass is 276 g/mol. The predicted molar refractivity (Wildman–Crippen MR) is 74.4 cm³/mol. The number of fused-ring (bicyclic) bond motifs is 1. The molecule has 2 saturated heterocycles. The zero-order valence-electron chi connectivity index (χ0n) is 10.9. The van der Waals surface area contributed by atoms with Crippen LogP contribution in [0.1, 0.15) is 12.8 Å². The fourth-order valence-electron chi connectivity index (χ4n) is 3.16. The smallest absolute Gasteiger partial charge is 0.273 e. The lowest BCUT2D eigenvalue weighted by molar-refractivity contribution is -0.384. The van der Waals surface area contributed by atoms with Gasteiger partial charge in [0.15, 0.2) is 0 Å². The highest BCUT2D eigenvalue weighted by Crippen LogP contribution is 2.34. The van der Waals surface area contributed by atoms with E-state index in [9.17, 15) is 14.9 Å². The van der Waals surface area contributed by atoms with Crippen LogP contribution in [0.15, 0.2) is 18.2 Å². The van der Waals surface area contributed by atoms with E-state index in [4.69, 9.17) is 5.73 Å². The lowest BCUT2D eigenvalue weighted by Gasteiger charge is -2.37. The molecule has 0 bridgehead atoms. The molecular weight excluding hydrogens is 260 g/mol. The maximum absolute atomic E-state index is 11.8. The molecule has 3 rings (SSSR count). The first-order valence-corrected chi connectivity index (χ1v) is 6.65. The Morgan fingerprint density at radius 2 is 2.20 bits per heavy atom. The van der Waals surface area contributed by atoms with Crippen molar-refractivity contribution in [3.8, 4) is 0 Å². The number of benzene rings is 1. The van der Waals surface area contributed by atoms with Gasteiger partial charge in [-0.2, -0.15) is 0 Å². The molecule has 2 atom stereocenters. The predicted octanol–water partition coefficient (Wildman–Crippen LogP) is 0.892. The number of anilines is 2. The lowest BCUT2D eigenvalue weighted by Crippen LogP contribution is -2.45. The zero-order chi connectivity index (χ0) is 14.3. The number of rotatable bonds is 2.